The second kappa shape index (κ2) is 7.38. The fourth-order valence-electron chi connectivity index (χ4n) is 3.61. The fraction of sp³-hybridized carbons (Fsp3) is 0.400. The third-order valence-electron chi connectivity index (χ3n) is 4.80. The van der Waals surface area contributed by atoms with Crippen LogP contribution >= 0.6 is 0 Å². The van der Waals surface area contributed by atoms with Crippen molar-refractivity contribution in [3.8, 4) is 5.75 Å². The summed E-state index contributed by atoms with van der Waals surface area (Å²) in [5.74, 6) is 1.06. The van der Waals surface area contributed by atoms with Gasteiger partial charge in [0.25, 0.3) is 0 Å². The SMILES string of the molecule is CC([AsH]C1CCCC(c2cccc(O)c2)C1)c1ccccc1. The molecule has 0 radical (unpaired) electrons. The van der Waals surface area contributed by atoms with Crippen LogP contribution in [0, 0.1) is 0 Å². The van der Waals surface area contributed by atoms with Crippen LogP contribution in [0.5, 0.6) is 5.75 Å². The van der Waals surface area contributed by atoms with Gasteiger partial charge in [0, 0.05) is 0 Å². The maximum atomic E-state index is 9.71. The molecule has 116 valence electrons. The second-order valence-electron chi connectivity index (χ2n) is 6.45. The second-order valence-corrected chi connectivity index (χ2v) is 10.7. The first-order valence-electron chi connectivity index (χ1n) is 8.32. The first kappa shape index (κ1) is 15.7. The molecule has 0 bridgehead atoms. The Bertz CT molecular complexity index is 596. The van der Waals surface area contributed by atoms with Crippen LogP contribution < -0.4 is 0 Å². The summed E-state index contributed by atoms with van der Waals surface area (Å²) < 4.78 is 1.69. The molecule has 4 atom stereocenters. The molecule has 1 N–H and O–H groups in total. The van der Waals surface area contributed by atoms with E-state index in [9.17, 15) is 5.11 Å². The van der Waals surface area contributed by atoms with Crippen LogP contribution in [0.4, 0.5) is 0 Å². The minimum absolute atomic E-state index is 0.0222. The number of rotatable bonds is 4. The molecule has 2 aromatic rings. The van der Waals surface area contributed by atoms with E-state index in [2.05, 4.69) is 43.3 Å². The van der Waals surface area contributed by atoms with Crippen molar-refractivity contribution in [2.24, 2.45) is 0 Å². The van der Waals surface area contributed by atoms with Crippen LogP contribution in [-0.4, -0.2) is 20.9 Å². The Morgan fingerprint density at radius 1 is 1.05 bits per heavy atom. The van der Waals surface area contributed by atoms with Crippen LogP contribution in [0.3, 0.4) is 0 Å². The van der Waals surface area contributed by atoms with Crippen molar-refractivity contribution in [3.63, 3.8) is 0 Å². The van der Waals surface area contributed by atoms with Crippen molar-refractivity contribution in [2.45, 2.75) is 47.9 Å². The van der Waals surface area contributed by atoms with Gasteiger partial charge in [-0.15, -0.1) is 0 Å². The number of phenolic OH excluding ortho intramolecular Hbond substituents is 1. The number of hydrogen-bond acceptors (Lipinski definition) is 1. The number of benzene rings is 2. The van der Waals surface area contributed by atoms with Crippen molar-refractivity contribution in [2.75, 3.05) is 0 Å². The summed E-state index contributed by atoms with van der Waals surface area (Å²) in [5, 5.41) is 9.71. The average Bonchev–Trinajstić information content (AvgIpc) is 2.56. The summed E-state index contributed by atoms with van der Waals surface area (Å²) in [6.45, 7) is 2.41. The molecule has 3 rings (SSSR count). The third kappa shape index (κ3) is 3.96. The zero-order valence-electron chi connectivity index (χ0n) is 13.2. The van der Waals surface area contributed by atoms with Crippen molar-refractivity contribution < 1.29 is 5.11 Å². The summed E-state index contributed by atoms with van der Waals surface area (Å²) in [4.78, 5) is 0. The summed E-state index contributed by atoms with van der Waals surface area (Å²) in [7, 11) is 0. The fourth-order valence-corrected chi connectivity index (χ4v) is 7.57. The van der Waals surface area contributed by atoms with Gasteiger partial charge in [-0.1, -0.05) is 0 Å². The molecule has 1 fully saturated rings. The predicted octanol–water partition coefficient (Wildman–Crippen LogP) is 5.04. The van der Waals surface area contributed by atoms with Gasteiger partial charge in [-0.25, -0.2) is 0 Å². The van der Waals surface area contributed by atoms with Crippen molar-refractivity contribution in [3.05, 3.63) is 65.7 Å². The van der Waals surface area contributed by atoms with Gasteiger partial charge >= 0.3 is 140 Å². The molecular weight excluding hydrogens is 331 g/mol. The van der Waals surface area contributed by atoms with E-state index in [4.69, 9.17) is 0 Å². The van der Waals surface area contributed by atoms with E-state index in [0.717, 1.165) is 9.41 Å². The Morgan fingerprint density at radius 2 is 1.86 bits per heavy atom. The molecule has 0 aromatic heterocycles. The molecule has 0 heterocycles. The van der Waals surface area contributed by atoms with Crippen molar-refractivity contribution in [1.82, 2.24) is 0 Å². The van der Waals surface area contributed by atoms with E-state index in [1.165, 1.54) is 36.8 Å². The standard InChI is InChI=1S/C20H25AsO/c1-15(16-7-3-2-4-8-16)21-19-11-5-9-17(13-19)18-10-6-12-20(22)14-18/h2-4,6-8,10,12,14-15,17,19,21-22H,5,9,11,13H2,1H3. The molecule has 2 aromatic carbocycles. The Balaban J connectivity index is 1.63. The van der Waals surface area contributed by atoms with Gasteiger partial charge in [0.1, 0.15) is 0 Å². The molecule has 0 saturated heterocycles. The van der Waals surface area contributed by atoms with E-state index in [1.807, 2.05) is 12.1 Å². The quantitative estimate of drug-likeness (QED) is 0.762. The zero-order valence-corrected chi connectivity index (χ0v) is 15.3. The molecule has 1 aliphatic carbocycles. The molecule has 4 unspecified atom stereocenters. The molecule has 0 amide bonds. The molecule has 0 spiro atoms. The maximum absolute atomic E-state index is 9.71. The van der Waals surface area contributed by atoms with Gasteiger partial charge in [0.2, 0.25) is 0 Å². The molecular formula is C20H25AsO. The summed E-state index contributed by atoms with van der Waals surface area (Å²) in [6, 6.07) is 18.9. The van der Waals surface area contributed by atoms with Crippen LogP contribution in [-0.2, 0) is 0 Å². The van der Waals surface area contributed by atoms with Crippen LogP contribution in [0.25, 0.3) is 0 Å². The van der Waals surface area contributed by atoms with E-state index in [0.29, 0.717) is 11.7 Å². The summed E-state index contributed by atoms with van der Waals surface area (Å²) >= 11 is 0.0222. The Hall–Kier alpha value is -1.20. The van der Waals surface area contributed by atoms with Crippen molar-refractivity contribution >= 4 is 15.8 Å². The molecule has 22 heavy (non-hydrogen) atoms. The monoisotopic (exact) mass is 356 g/mol. The van der Waals surface area contributed by atoms with Gasteiger partial charge in [-0.3, -0.25) is 0 Å². The van der Waals surface area contributed by atoms with Crippen LogP contribution in [0.15, 0.2) is 54.6 Å². The molecule has 2 heteroatoms. The molecule has 1 saturated carbocycles. The Morgan fingerprint density at radius 3 is 2.64 bits per heavy atom. The first-order chi connectivity index (χ1) is 10.7. The molecule has 1 aliphatic rings. The third-order valence-corrected chi connectivity index (χ3v) is 8.64. The minimum atomic E-state index is 0.0222. The Kier molecular flexibility index (Phi) is 5.26. The average molecular weight is 356 g/mol. The molecule has 0 aliphatic heterocycles. The zero-order chi connectivity index (χ0) is 15.4. The Labute approximate surface area is 140 Å². The number of hydrogen-bond donors (Lipinski definition) is 1. The number of phenols is 1. The van der Waals surface area contributed by atoms with E-state index >= 15 is 0 Å². The molecule has 1 nitrogen and oxygen atoms in total. The topological polar surface area (TPSA) is 20.2 Å². The van der Waals surface area contributed by atoms with Gasteiger partial charge in [0.15, 0.2) is 0 Å². The summed E-state index contributed by atoms with van der Waals surface area (Å²) in [6.07, 6.45) is 5.36. The van der Waals surface area contributed by atoms with Gasteiger partial charge in [-0.05, 0) is 0 Å². The first-order valence-corrected chi connectivity index (χ1v) is 10.7. The van der Waals surface area contributed by atoms with E-state index < -0.39 is 0 Å². The predicted molar refractivity (Wildman–Crippen MR) is 95.1 cm³/mol. The van der Waals surface area contributed by atoms with Gasteiger partial charge < -0.3 is 0 Å². The van der Waals surface area contributed by atoms with Crippen molar-refractivity contribution in [1.29, 1.82) is 0 Å². The van der Waals surface area contributed by atoms with Crippen LogP contribution in [0.2, 0.25) is 4.71 Å². The number of aromatic hydroxyl groups is 1. The normalized spacial score (nSPS) is 23.7. The van der Waals surface area contributed by atoms with Crippen LogP contribution in [0.1, 0.15) is 54.4 Å². The van der Waals surface area contributed by atoms with E-state index in [1.54, 1.807) is 6.07 Å². The summed E-state index contributed by atoms with van der Waals surface area (Å²) in [5.41, 5.74) is 2.85. The van der Waals surface area contributed by atoms with Gasteiger partial charge in [0.05, 0.1) is 0 Å². The van der Waals surface area contributed by atoms with Gasteiger partial charge in [-0.2, -0.15) is 0 Å². The van der Waals surface area contributed by atoms with E-state index in [-0.39, 0.29) is 15.8 Å².